The summed E-state index contributed by atoms with van der Waals surface area (Å²) in [6.45, 7) is 3.06. The number of ether oxygens (including phenoxy) is 1. The number of rotatable bonds is 7. The molecule has 0 aliphatic carbocycles. The standard InChI is InChI=1S/C16H20ClN3O5/c1-3-8-18-16(24)20-13(21)9-25-15(23)10(2)19-14(22)11-6-4-5-7-12(11)17/h4-7,10H,3,8-9H2,1-2H3,(H,19,22)(H2,18,20,21,24)/t10-/m1/s1. The van der Waals surface area contributed by atoms with E-state index >= 15 is 0 Å². The predicted octanol–water partition coefficient (Wildman–Crippen LogP) is 1.24. The van der Waals surface area contributed by atoms with E-state index in [0.717, 1.165) is 6.42 Å². The van der Waals surface area contributed by atoms with Gasteiger partial charge in [0.25, 0.3) is 11.8 Å². The molecule has 4 amide bonds. The molecule has 0 aliphatic rings. The molecule has 0 spiro atoms. The molecule has 0 heterocycles. The van der Waals surface area contributed by atoms with Gasteiger partial charge in [-0.25, -0.2) is 9.59 Å². The van der Waals surface area contributed by atoms with Gasteiger partial charge in [-0.15, -0.1) is 0 Å². The van der Waals surface area contributed by atoms with Gasteiger partial charge in [0.15, 0.2) is 6.61 Å². The summed E-state index contributed by atoms with van der Waals surface area (Å²) >= 11 is 5.90. The first kappa shape index (κ1) is 20.4. The van der Waals surface area contributed by atoms with Crippen molar-refractivity contribution in [2.75, 3.05) is 13.2 Å². The Bertz CT molecular complexity index is 650. The maximum Gasteiger partial charge on any atom is 0.328 e. The van der Waals surface area contributed by atoms with Crippen LogP contribution in [0.4, 0.5) is 4.79 Å². The topological polar surface area (TPSA) is 114 Å². The number of amides is 4. The van der Waals surface area contributed by atoms with Gasteiger partial charge in [0, 0.05) is 6.54 Å². The zero-order chi connectivity index (χ0) is 18.8. The minimum absolute atomic E-state index is 0.217. The summed E-state index contributed by atoms with van der Waals surface area (Å²) in [6.07, 6.45) is 0.721. The summed E-state index contributed by atoms with van der Waals surface area (Å²) in [5.41, 5.74) is 0.217. The fourth-order valence-corrected chi connectivity index (χ4v) is 1.91. The molecule has 0 radical (unpaired) electrons. The second kappa shape index (κ2) is 10.3. The van der Waals surface area contributed by atoms with Crippen molar-refractivity contribution >= 4 is 35.4 Å². The number of carbonyl (C=O) groups is 4. The van der Waals surface area contributed by atoms with Crippen molar-refractivity contribution in [1.82, 2.24) is 16.0 Å². The van der Waals surface area contributed by atoms with Crippen molar-refractivity contribution in [1.29, 1.82) is 0 Å². The highest BCUT2D eigenvalue weighted by Gasteiger charge is 2.20. The lowest BCUT2D eigenvalue weighted by atomic mass is 10.2. The van der Waals surface area contributed by atoms with Crippen LogP contribution >= 0.6 is 11.6 Å². The molecule has 0 saturated carbocycles. The molecule has 0 saturated heterocycles. The Hall–Kier alpha value is -2.61. The van der Waals surface area contributed by atoms with Crippen LogP contribution in [0.2, 0.25) is 5.02 Å². The van der Waals surface area contributed by atoms with Crippen LogP contribution in [0.3, 0.4) is 0 Å². The van der Waals surface area contributed by atoms with E-state index in [1.165, 1.54) is 13.0 Å². The fourth-order valence-electron chi connectivity index (χ4n) is 1.69. The number of esters is 1. The van der Waals surface area contributed by atoms with E-state index in [4.69, 9.17) is 16.3 Å². The van der Waals surface area contributed by atoms with E-state index in [2.05, 4.69) is 10.6 Å². The second-order valence-corrected chi connectivity index (χ2v) is 5.49. The number of halogens is 1. The van der Waals surface area contributed by atoms with Crippen LogP contribution in [0.1, 0.15) is 30.6 Å². The molecule has 1 atom stereocenters. The number of benzene rings is 1. The summed E-state index contributed by atoms with van der Waals surface area (Å²) in [6, 6.07) is 4.71. The number of nitrogens with one attached hydrogen (secondary N) is 3. The highest BCUT2D eigenvalue weighted by molar-refractivity contribution is 6.33. The molecule has 3 N–H and O–H groups in total. The molecule has 0 fully saturated rings. The molecule has 8 nitrogen and oxygen atoms in total. The monoisotopic (exact) mass is 369 g/mol. The van der Waals surface area contributed by atoms with Crippen molar-refractivity contribution in [3.8, 4) is 0 Å². The SMILES string of the molecule is CCCNC(=O)NC(=O)COC(=O)[C@@H](C)NC(=O)c1ccccc1Cl. The van der Waals surface area contributed by atoms with E-state index < -0.39 is 36.5 Å². The molecule has 0 aromatic heterocycles. The number of hydrogen-bond acceptors (Lipinski definition) is 5. The molecule has 0 bridgehead atoms. The third kappa shape index (κ3) is 7.21. The van der Waals surface area contributed by atoms with Gasteiger partial charge in [-0.2, -0.15) is 0 Å². The van der Waals surface area contributed by atoms with Crippen LogP contribution in [0.25, 0.3) is 0 Å². The number of imide groups is 1. The van der Waals surface area contributed by atoms with Gasteiger partial charge in [0.2, 0.25) is 0 Å². The lowest BCUT2D eigenvalue weighted by Crippen LogP contribution is -2.43. The predicted molar refractivity (Wildman–Crippen MR) is 91.2 cm³/mol. The molecule has 1 aromatic carbocycles. The van der Waals surface area contributed by atoms with Crippen molar-refractivity contribution < 1.29 is 23.9 Å². The van der Waals surface area contributed by atoms with Crippen molar-refractivity contribution in [2.24, 2.45) is 0 Å². The summed E-state index contributed by atoms with van der Waals surface area (Å²) < 4.78 is 4.76. The van der Waals surface area contributed by atoms with Crippen molar-refractivity contribution in [2.45, 2.75) is 26.3 Å². The largest absolute Gasteiger partial charge is 0.454 e. The molecular weight excluding hydrogens is 350 g/mol. The van der Waals surface area contributed by atoms with Gasteiger partial charge in [-0.1, -0.05) is 30.7 Å². The fraction of sp³-hybridized carbons (Fsp3) is 0.375. The summed E-state index contributed by atoms with van der Waals surface area (Å²) in [7, 11) is 0. The summed E-state index contributed by atoms with van der Waals surface area (Å²) in [5.74, 6) is -2.13. The molecule has 25 heavy (non-hydrogen) atoms. The van der Waals surface area contributed by atoms with Gasteiger partial charge >= 0.3 is 12.0 Å². The zero-order valence-corrected chi connectivity index (χ0v) is 14.7. The second-order valence-electron chi connectivity index (χ2n) is 5.09. The molecule has 136 valence electrons. The smallest absolute Gasteiger partial charge is 0.328 e. The zero-order valence-electron chi connectivity index (χ0n) is 13.9. The van der Waals surface area contributed by atoms with Gasteiger partial charge in [-0.05, 0) is 25.5 Å². The minimum Gasteiger partial charge on any atom is -0.454 e. The highest BCUT2D eigenvalue weighted by Crippen LogP contribution is 2.14. The number of hydrogen-bond donors (Lipinski definition) is 3. The molecule has 9 heteroatoms. The summed E-state index contributed by atoms with van der Waals surface area (Å²) in [5, 5.41) is 7.12. The maximum absolute atomic E-state index is 12.0. The molecule has 1 aromatic rings. The van der Waals surface area contributed by atoms with E-state index in [1.807, 2.05) is 12.2 Å². The lowest BCUT2D eigenvalue weighted by molar-refractivity contribution is -0.149. The number of urea groups is 1. The van der Waals surface area contributed by atoms with Crippen LogP contribution in [-0.4, -0.2) is 43.0 Å². The Kier molecular flexibility index (Phi) is 8.42. The average molecular weight is 370 g/mol. The van der Waals surface area contributed by atoms with Crippen LogP contribution in [0.5, 0.6) is 0 Å². The average Bonchev–Trinajstić information content (AvgIpc) is 2.57. The Morgan fingerprint density at radius 2 is 1.88 bits per heavy atom. The lowest BCUT2D eigenvalue weighted by Gasteiger charge is -2.14. The van der Waals surface area contributed by atoms with Crippen molar-refractivity contribution in [3.63, 3.8) is 0 Å². The minimum atomic E-state index is -0.995. The highest BCUT2D eigenvalue weighted by atomic mass is 35.5. The van der Waals surface area contributed by atoms with Gasteiger partial charge < -0.3 is 15.4 Å². The molecular formula is C16H20ClN3O5. The third-order valence-electron chi connectivity index (χ3n) is 2.95. The van der Waals surface area contributed by atoms with Crippen LogP contribution < -0.4 is 16.0 Å². The molecule has 0 unspecified atom stereocenters. The summed E-state index contributed by atoms with van der Waals surface area (Å²) in [4.78, 5) is 46.6. The first-order valence-corrected chi connectivity index (χ1v) is 8.02. The maximum atomic E-state index is 12.0. The van der Waals surface area contributed by atoms with Gasteiger partial charge in [0.1, 0.15) is 6.04 Å². The van der Waals surface area contributed by atoms with Crippen LogP contribution in [0.15, 0.2) is 24.3 Å². The van der Waals surface area contributed by atoms with E-state index in [0.29, 0.717) is 6.54 Å². The number of carbonyl (C=O) groups excluding carboxylic acids is 4. The molecule has 1 rings (SSSR count). The quantitative estimate of drug-likeness (QED) is 0.626. The first-order chi connectivity index (χ1) is 11.8. The van der Waals surface area contributed by atoms with Crippen LogP contribution in [-0.2, 0) is 14.3 Å². The molecule has 0 aliphatic heterocycles. The third-order valence-corrected chi connectivity index (χ3v) is 3.28. The van der Waals surface area contributed by atoms with E-state index in [1.54, 1.807) is 18.2 Å². The van der Waals surface area contributed by atoms with Crippen molar-refractivity contribution in [3.05, 3.63) is 34.9 Å². The Morgan fingerprint density at radius 1 is 1.20 bits per heavy atom. The first-order valence-electron chi connectivity index (χ1n) is 7.64. The van der Waals surface area contributed by atoms with E-state index in [9.17, 15) is 19.2 Å². The van der Waals surface area contributed by atoms with Gasteiger partial charge in [-0.3, -0.25) is 14.9 Å². The Morgan fingerprint density at radius 3 is 2.52 bits per heavy atom. The Balaban J connectivity index is 2.41. The Labute approximate surface area is 150 Å². The van der Waals surface area contributed by atoms with Crippen LogP contribution in [0, 0.1) is 0 Å². The van der Waals surface area contributed by atoms with Gasteiger partial charge in [0.05, 0.1) is 10.6 Å². The normalized spacial score (nSPS) is 11.2. The van der Waals surface area contributed by atoms with E-state index in [-0.39, 0.29) is 10.6 Å².